The highest BCUT2D eigenvalue weighted by Gasteiger charge is 2.57. The van der Waals surface area contributed by atoms with E-state index in [1.807, 2.05) is 53.7 Å². The van der Waals surface area contributed by atoms with Crippen molar-refractivity contribution in [3.05, 3.63) is 143 Å². The van der Waals surface area contributed by atoms with Crippen LogP contribution in [-0.4, -0.2) is 87.1 Å². The van der Waals surface area contributed by atoms with Crippen LogP contribution in [0.1, 0.15) is 70.9 Å². The van der Waals surface area contributed by atoms with Gasteiger partial charge in [-0.25, -0.2) is 29.7 Å². The Morgan fingerprint density at radius 1 is 0.621 bits per heavy atom. The highest BCUT2D eigenvalue weighted by Crippen LogP contribution is 2.57. The van der Waals surface area contributed by atoms with Gasteiger partial charge in [-0.3, -0.25) is 9.59 Å². The molecule has 66 heavy (non-hydrogen) atoms. The molecule has 4 aromatic carbocycles. The molecular formula is C50H47N9O7. The molecule has 2 saturated heterocycles. The molecule has 2 saturated carbocycles. The number of nitrogens with zero attached hydrogens (tertiary/aromatic N) is 4. The number of rotatable bonds is 10. The molecule has 6 amide bonds. The Hall–Kier alpha value is -7.75. The normalized spacial score (nSPS) is 22.5. The Morgan fingerprint density at radius 2 is 1.09 bits per heavy atom. The Bertz CT molecular complexity index is 2900. The van der Waals surface area contributed by atoms with E-state index in [1.54, 1.807) is 29.2 Å². The number of imidazole rings is 2. The molecule has 16 nitrogen and oxygen atoms in total. The van der Waals surface area contributed by atoms with E-state index in [0.29, 0.717) is 47.8 Å². The molecule has 3 aliphatic carbocycles. The van der Waals surface area contributed by atoms with Crippen molar-refractivity contribution in [1.82, 2.24) is 45.7 Å². The largest absolute Gasteiger partial charge is 0.453 e. The molecule has 0 spiro atoms. The zero-order valence-corrected chi connectivity index (χ0v) is 36.2. The van der Waals surface area contributed by atoms with Gasteiger partial charge >= 0.3 is 18.2 Å². The van der Waals surface area contributed by atoms with Crippen molar-refractivity contribution in [1.29, 1.82) is 0 Å². The summed E-state index contributed by atoms with van der Waals surface area (Å²) in [5.74, 6) is 2.22. The number of likely N-dealkylation sites (tertiary alicyclic amines) is 2. The number of methoxy groups -OCH3 is 2. The minimum Gasteiger partial charge on any atom is -0.453 e. The summed E-state index contributed by atoms with van der Waals surface area (Å²) in [6, 6.07) is 27.8. The van der Waals surface area contributed by atoms with Crippen molar-refractivity contribution in [3.63, 3.8) is 0 Å². The molecule has 8 atom stereocenters. The van der Waals surface area contributed by atoms with Crippen LogP contribution in [0.15, 0.2) is 109 Å². The van der Waals surface area contributed by atoms with Crippen LogP contribution in [0.5, 0.6) is 0 Å². The SMILES string of the molecule is COC(=O)NC(=O)N[C@@H](C(=O)N1C[C@H]2C[C@H]2[C@@H]1c1ncc(-c2ccc3c(c2)Cc2cc(-c4cnc([C@H]5[C@@H]6C[C@@H]6CN5C(=O)[C@@H](NC(=O)OC)c5ccccc5)[nH]4)ccc2-3)[nH]1)c1ccccc1. The summed E-state index contributed by atoms with van der Waals surface area (Å²) in [6.45, 7) is 1.14. The second-order valence-electron chi connectivity index (χ2n) is 17.9. The van der Waals surface area contributed by atoms with Crippen molar-refractivity contribution in [3.8, 4) is 33.6 Å². The lowest BCUT2D eigenvalue weighted by molar-refractivity contribution is -0.136. The molecule has 5 aliphatic rings. The third-order valence-corrected chi connectivity index (χ3v) is 14.0. The number of benzene rings is 4. The first kappa shape index (κ1) is 41.0. The van der Waals surface area contributed by atoms with Crippen molar-refractivity contribution < 1.29 is 33.4 Å². The van der Waals surface area contributed by atoms with Crippen molar-refractivity contribution >= 4 is 30.0 Å². The number of H-pyrrole nitrogens is 2. The summed E-state index contributed by atoms with van der Waals surface area (Å²) in [4.78, 5) is 85.9. The monoisotopic (exact) mass is 885 g/mol. The molecule has 334 valence electrons. The van der Waals surface area contributed by atoms with Gasteiger partial charge in [0.25, 0.3) is 11.8 Å². The number of carbonyl (C=O) groups is 5. The van der Waals surface area contributed by atoms with Crippen LogP contribution in [0.4, 0.5) is 14.4 Å². The summed E-state index contributed by atoms with van der Waals surface area (Å²) in [5, 5.41) is 7.53. The summed E-state index contributed by atoms with van der Waals surface area (Å²) in [6.07, 6.45) is 4.82. The summed E-state index contributed by atoms with van der Waals surface area (Å²) >= 11 is 0. The molecule has 11 rings (SSSR count). The highest BCUT2D eigenvalue weighted by atomic mass is 16.5. The Balaban J connectivity index is 0.797. The average Bonchev–Trinajstić information content (AvgIpc) is 3.81. The van der Waals surface area contributed by atoms with Gasteiger partial charge < -0.3 is 39.9 Å². The summed E-state index contributed by atoms with van der Waals surface area (Å²) in [5.41, 5.74) is 9.69. The van der Waals surface area contributed by atoms with E-state index in [1.165, 1.54) is 29.4 Å². The van der Waals surface area contributed by atoms with Crippen LogP contribution in [0.2, 0.25) is 0 Å². The van der Waals surface area contributed by atoms with E-state index in [9.17, 15) is 24.0 Å². The number of hydrogen-bond donors (Lipinski definition) is 5. The molecule has 0 radical (unpaired) electrons. The predicted octanol–water partition coefficient (Wildman–Crippen LogP) is 6.98. The number of urea groups is 1. The number of amides is 6. The molecule has 16 heteroatoms. The molecule has 0 unspecified atom stereocenters. The summed E-state index contributed by atoms with van der Waals surface area (Å²) < 4.78 is 9.45. The number of hydrogen-bond acceptors (Lipinski definition) is 9. The number of alkyl carbamates (subject to hydrolysis) is 2. The third kappa shape index (κ3) is 7.41. The van der Waals surface area contributed by atoms with E-state index in [0.717, 1.165) is 54.7 Å². The van der Waals surface area contributed by atoms with Gasteiger partial charge in [-0.05, 0) is 99.6 Å². The van der Waals surface area contributed by atoms with Crippen molar-refractivity contribution in [2.24, 2.45) is 23.7 Å². The first-order chi connectivity index (χ1) is 32.1. The molecule has 5 N–H and O–H groups in total. The van der Waals surface area contributed by atoms with Crippen LogP contribution in [0.25, 0.3) is 33.6 Å². The minimum absolute atomic E-state index is 0.193. The molecule has 2 aliphatic heterocycles. The van der Waals surface area contributed by atoms with E-state index in [-0.39, 0.29) is 29.8 Å². The predicted molar refractivity (Wildman–Crippen MR) is 240 cm³/mol. The second kappa shape index (κ2) is 16.4. The maximum atomic E-state index is 14.3. The first-order valence-corrected chi connectivity index (χ1v) is 22.2. The molecule has 4 fully saturated rings. The van der Waals surface area contributed by atoms with Crippen LogP contribution in [0.3, 0.4) is 0 Å². The number of ether oxygens (including phenoxy) is 2. The third-order valence-electron chi connectivity index (χ3n) is 14.0. The number of piperidine rings is 2. The van der Waals surface area contributed by atoms with E-state index < -0.39 is 30.3 Å². The molecule has 4 heterocycles. The molecule has 6 aromatic rings. The number of carbonyl (C=O) groups excluding carboxylic acids is 5. The maximum absolute atomic E-state index is 14.3. The van der Waals surface area contributed by atoms with Crippen LogP contribution < -0.4 is 16.0 Å². The fourth-order valence-corrected chi connectivity index (χ4v) is 10.6. The molecule has 0 bridgehead atoms. The number of imide groups is 1. The van der Waals surface area contributed by atoms with Crippen LogP contribution in [0, 0.1) is 23.7 Å². The lowest BCUT2D eigenvalue weighted by Gasteiger charge is -2.30. The van der Waals surface area contributed by atoms with Gasteiger partial charge in [0.15, 0.2) is 0 Å². The fraction of sp³-hybridized carbons (Fsp3) is 0.300. The molecule has 2 aromatic heterocycles. The van der Waals surface area contributed by atoms with Gasteiger partial charge in [0.1, 0.15) is 23.7 Å². The summed E-state index contributed by atoms with van der Waals surface area (Å²) in [7, 11) is 2.45. The standard InChI is InChI=1S/C50H47N9O7/c1-65-49(63)56-41(27-11-7-4-8-12-27)47(61)59-25-33-21-37(33)43(59)45-52-23-39(54-45)29-14-16-35-31(18-29)19-30-17-28(13-15-34(30)35)38-22-51-44(53-38)42-36-20-32(36)24-58(42)46(60)40(26-9-5-3-6-10-26)55-48(62)57-50(64)66-2/h3-18,22-23,32-33,36-37,40-43H,19-21,24-25H2,1-2H3,(H,51,53)(H,52,54)(H,56,63)(H2,55,57,62,64)/t32-,33-,36-,37-,40-,41+,42-,43-/m1/s1. The van der Waals surface area contributed by atoms with Gasteiger partial charge in [0.2, 0.25) is 0 Å². The first-order valence-electron chi connectivity index (χ1n) is 22.2. The topological polar surface area (TPSA) is 204 Å². The van der Waals surface area contributed by atoms with Crippen LogP contribution >= 0.6 is 0 Å². The Kier molecular flexibility index (Phi) is 10.2. The van der Waals surface area contributed by atoms with E-state index in [4.69, 9.17) is 14.7 Å². The average molecular weight is 886 g/mol. The van der Waals surface area contributed by atoms with E-state index >= 15 is 0 Å². The zero-order chi connectivity index (χ0) is 45.2. The number of nitrogens with one attached hydrogen (secondary N) is 5. The highest BCUT2D eigenvalue weighted by molar-refractivity contribution is 5.94. The Labute approximate surface area is 379 Å². The number of aromatic amines is 2. The van der Waals surface area contributed by atoms with Gasteiger partial charge in [-0.2, -0.15) is 0 Å². The van der Waals surface area contributed by atoms with Crippen molar-refractivity contribution in [2.45, 2.75) is 43.4 Å². The molecular weight excluding hydrogens is 839 g/mol. The van der Waals surface area contributed by atoms with Crippen LogP contribution in [-0.2, 0) is 25.5 Å². The quantitative estimate of drug-likeness (QED) is 0.0960. The lowest BCUT2D eigenvalue weighted by Crippen LogP contribution is -2.48. The van der Waals surface area contributed by atoms with Gasteiger partial charge in [-0.15, -0.1) is 0 Å². The Morgan fingerprint density at radius 3 is 1.56 bits per heavy atom. The van der Waals surface area contributed by atoms with Gasteiger partial charge in [0, 0.05) is 13.1 Å². The fourth-order valence-electron chi connectivity index (χ4n) is 10.6. The second-order valence-corrected chi connectivity index (χ2v) is 17.9. The number of fused-ring (bicyclic) bond motifs is 5. The van der Waals surface area contributed by atoms with E-state index in [2.05, 4.69) is 67.1 Å². The van der Waals surface area contributed by atoms with Crippen molar-refractivity contribution in [2.75, 3.05) is 27.3 Å². The lowest BCUT2D eigenvalue weighted by atomic mass is 10.0. The smallest absolute Gasteiger partial charge is 0.415 e. The zero-order valence-electron chi connectivity index (χ0n) is 36.2. The number of aromatic nitrogens is 4. The maximum Gasteiger partial charge on any atom is 0.415 e. The minimum atomic E-state index is -1.03. The van der Waals surface area contributed by atoms with Gasteiger partial charge in [-0.1, -0.05) is 84.9 Å². The van der Waals surface area contributed by atoms with Gasteiger partial charge in [0.05, 0.1) is 50.1 Å².